The Bertz CT molecular complexity index is 961. The number of carboxylic acids is 1. The largest absolute Gasteiger partial charge is 0.478 e. The average molecular weight is 441 g/mol. The van der Waals surface area contributed by atoms with Crippen molar-refractivity contribution in [3.8, 4) is 5.75 Å². The Kier molecular flexibility index (Phi) is 7.36. The molecule has 2 aromatic carbocycles. The van der Waals surface area contributed by atoms with E-state index in [2.05, 4.69) is 13.8 Å². The summed E-state index contributed by atoms with van der Waals surface area (Å²) in [6, 6.07) is 12.6. The lowest BCUT2D eigenvalue weighted by molar-refractivity contribution is -0.138. The van der Waals surface area contributed by atoms with Gasteiger partial charge in [-0.3, -0.25) is 4.79 Å². The molecule has 1 heterocycles. The highest BCUT2D eigenvalue weighted by molar-refractivity contribution is 5.90. The highest BCUT2D eigenvalue weighted by Crippen LogP contribution is 2.28. The summed E-state index contributed by atoms with van der Waals surface area (Å²) < 4.78 is 17.0. The van der Waals surface area contributed by atoms with Crippen molar-refractivity contribution in [1.29, 1.82) is 0 Å². The maximum atomic E-state index is 12.8. The standard InChI is InChI=1S/C26H32O6/c1-16(2)12-18-6-8-19(9-7-18)17(3)25(29)31-21-10-11-23(24(27)28)20(13-21)14-22-15-30-26(4,5)32-22/h6-11,13,16-17,22H,12,14-15H2,1-5H3,(H,27,28). The Morgan fingerprint density at radius 3 is 2.38 bits per heavy atom. The molecule has 0 bridgehead atoms. The van der Waals surface area contributed by atoms with Gasteiger partial charge in [0, 0.05) is 6.42 Å². The Morgan fingerprint density at radius 1 is 1.12 bits per heavy atom. The van der Waals surface area contributed by atoms with Gasteiger partial charge in [-0.25, -0.2) is 4.79 Å². The van der Waals surface area contributed by atoms with Crippen LogP contribution in [0.4, 0.5) is 0 Å². The average Bonchev–Trinajstić information content (AvgIpc) is 3.05. The molecule has 1 aliphatic rings. The minimum atomic E-state index is -1.04. The van der Waals surface area contributed by atoms with Gasteiger partial charge in [0.15, 0.2) is 5.79 Å². The first-order chi connectivity index (χ1) is 15.0. The van der Waals surface area contributed by atoms with Crippen LogP contribution in [0, 0.1) is 5.92 Å². The van der Waals surface area contributed by atoms with Crippen LogP contribution in [-0.2, 0) is 27.1 Å². The predicted molar refractivity (Wildman–Crippen MR) is 121 cm³/mol. The van der Waals surface area contributed by atoms with Gasteiger partial charge in [-0.2, -0.15) is 0 Å². The molecule has 32 heavy (non-hydrogen) atoms. The highest BCUT2D eigenvalue weighted by atomic mass is 16.7. The van der Waals surface area contributed by atoms with E-state index in [1.54, 1.807) is 13.0 Å². The molecule has 0 radical (unpaired) electrons. The van der Waals surface area contributed by atoms with Crippen molar-refractivity contribution in [3.05, 3.63) is 64.7 Å². The molecule has 0 saturated carbocycles. The molecular weight excluding hydrogens is 408 g/mol. The maximum Gasteiger partial charge on any atom is 0.335 e. The molecule has 1 aliphatic heterocycles. The Balaban J connectivity index is 1.72. The molecular formula is C26H32O6. The third-order valence-corrected chi connectivity index (χ3v) is 5.52. The molecule has 0 aliphatic carbocycles. The first-order valence-corrected chi connectivity index (χ1v) is 11.0. The number of rotatable bonds is 8. The van der Waals surface area contributed by atoms with Crippen molar-refractivity contribution in [2.75, 3.05) is 6.61 Å². The number of esters is 1. The summed E-state index contributed by atoms with van der Waals surface area (Å²) in [6.45, 7) is 10.2. The number of ether oxygens (including phenoxy) is 3. The zero-order valence-electron chi connectivity index (χ0n) is 19.4. The van der Waals surface area contributed by atoms with Gasteiger partial charge in [0.2, 0.25) is 0 Å². The van der Waals surface area contributed by atoms with Gasteiger partial charge in [-0.15, -0.1) is 0 Å². The summed E-state index contributed by atoms with van der Waals surface area (Å²) in [6.07, 6.45) is 1.07. The van der Waals surface area contributed by atoms with Crippen LogP contribution in [0.25, 0.3) is 0 Å². The second-order valence-corrected chi connectivity index (χ2v) is 9.26. The molecule has 1 fully saturated rings. The van der Waals surface area contributed by atoms with E-state index >= 15 is 0 Å². The molecule has 3 rings (SSSR count). The van der Waals surface area contributed by atoms with Crippen LogP contribution in [0.15, 0.2) is 42.5 Å². The van der Waals surface area contributed by atoms with Crippen LogP contribution in [-0.4, -0.2) is 35.5 Å². The number of hydrogen-bond acceptors (Lipinski definition) is 5. The summed E-state index contributed by atoms with van der Waals surface area (Å²) in [5.41, 5.74) is 2.81. The van der Waals surface area contributed by atoms with Crippen LogP contribution in [0.1, 0.15) is 67.6 Å². The first kappa shape index (κ1) is 24.0. The monoisotopic (exact) mass is 440 g/mol. The molecule has 6 nitrogen and oxygen atoms in total. The Hall–Kier alpha value is -2.70. The molecule has 0 aromatic heterocycles. The van der Waals surface area contributed by atoms with Crippen LogP contribution < -0.4 is 4.74 Å². The highest BCUT2D eigenvalue weighted by Gasteiger charge is 2.33. The molecule has 2 aromatic rings. The third kappa shape index (κ3) is 6.17. The second kappa shape index (κ2) is 9.84. The molecule has 0 spiro atoms. The summed E-state index contributed by atoms with van der Waals surface area (Å²) in [7, 11) is 0. The number of benzene rings is 2. The molecule has 1 N–H and O–H groups in total. The SMILES string of the molecule is CC(C)Cc1ccc(C(C)C(=O)Oc2ccc(C(=O)O)c(CC3COC(C)(C)O3)c2)cc1. The van der Waals surface area contributed by atoms with Gasteiger partial charge in [-0.1, -0.05) is 38.1 Å². The van der Waals surface area contributed by atoms with Crippen LogP contribution >= 0.6 is 0 Å². The van der Waals surface area contributed by atoms with Crippen molar-refractivity contribution in [1.82, 2.24) is 0 Å². The van der Waals surface area contributed by atoms with Crippen LogP contribution in [0.2, 0.25) is 0 Å². The normalized spacial score (nSPS) is 18.5. The molecule has 0 amide bonds. The van der Waals surface area contributed by atoms with E-state index in [-0.39, 0.29) is 11.7 Å². The van der Waals surface area contributed by atoms with Crippen molar-refractivity contribution >= 4 is 11.9 Å². The van der Waals surface area contributed by atoms with Crippen molar-refractivity contribution in [2.24, 2.45) is 5.92 Å². The fraction of sp³-hybridized carbons (Fsp3) is 0.462. The summed E-state index contributed by atoms with van der Waals surface area (Å²) in [4.78, 5) is 24.4. The van der Waals surface area contributed by atoms with Gasteiger partial charge >= 0.3 is 11.9 Å². The molecule has 2 unspecified atom stereocenters. The quantitative estimate of drug-likeness (QED) is 0.460. The minimum Gasteiger partial charge on any atom is -0.478 e. The van der Waals surface area contributed by atoms with E-state index < -0.39 is 23.6 Å². The van der Waals surface area contributed by atoms with Gasteiger partial charge in [0.25, 0.3) is 0 Å². The van der Waals surface area contributed by atoms with Crippen molar-refractivity contribution in [3.63, 3.8) is 0 Å². The minimum absolute atomic E-state index is 0.159. The van der Waals surface area contributed by atoms with E-state index in [9.17, 15) is 14.7 Å². The van der Waals surface area contributed by atoms with Crippen LogP contribution in [0.5, 0.6) is 5.75 Å². The summed E-state index contributed by atoms with van der Waals surface area (Å²) in [5.74, 6) is -1.69. The Morgan fingerprint density at radius 2 is 1.81 bits per heavy atom. The number of carboxylic acid groups (broad SMARTS) is 1. The van der Waals surface area contributed by atoms with E-state index in [4.69, 9.17) is 14.2 Å². The second-order valence-electron chi connectivity index (χ2n) is 9.26. The lowest BCUT2D eigenvalue weighted by atomic mass is 9.97. The van der Waals surface area contributed by atoms with Crippen molar-refractivity contribution in [2.45, 2.75) is 65.3 Å². The predicted octanol–water partition coefficient (Wildman–Crippen LogP) is 4.99. The molecule has 1 saturated heterocycles. The lowest BCUT2D eigenvalue weighted by Crippen LogP contribution is -2.23. The number of aromatic carboxylic acids is 1. The fourth-order valence-corrected chi connectivity index (χ4v) is 3.87. The summed E-state index contributed by atoms with van der Waals surface area (Å²) >= 11 is 0. The topological polar surface area (TPSA) is 82.1 Å². The molecule has 172 valence electrons. The maximum absolute atomic E-state index is 12.8. The zero-order valence-corrected chi connectivity index (χ0v) is 19.4. The Labute approximate surface area is 189 Å². The smallest absolute Gasteiger partial charge is 0.335 e. The van der Waals surface area contributed by atoms with Gasteiger partial charge in [0.1, 0.15) is 5.75 Å². The lowest BCUT2D eigenvalue weighted by Gasteiger charge is -2.18. The number of carbonyl (C=O) groups excluding carboxylic acids is 1. The number of carbonyl (C=O) groups is 2. The third-order valence-electron chi connectivity index (χ3n) is 5.52. The van der Waals surface area contributed by atoms with E-state index in [1.165, 1.54) is 17.7 Å². The van der Waals surface area contributed by atoms with Crippen LogP contribution in [0.3, 0.4) is 0 Å². The van der Waals surface area contributed by atoms with E-state index in [0.29, 0.717) is 30.3 Å². The van der Waals surface area contributed by atoms with Gasteiger partial charge in [0.05, 0.1) is 24.2 Å². The van der Waals surface area contributed by atoms with E-state index in [0.717, 1.165) is 12.0 Å². The fourth-order valence-electron chi connectivity index (χ4n) is 3.87. The van der Waals surface area contributed by atoms with Gasteiger partial charge < -0.3 is 19.3 Å². The van der Waals surface area contributed by atoms with Gasteiger partial charge in [-0.05, 0) is 68.0 Å². The zero-order chi connectivity index (χ0) is 23.5. The number of hydrogen-bond donors (Lipinski definition) is 1. The van der Waals surface area contributed by atoms with E-state index in [1.807, 2.05) is 38.1 Å². The van der Waals surface area contributed by atoms with Crippen molar-refractivity contribution < 1.29 is 28.9 Å². The summed E-state index contributed by atoms with van der Waals surface area (Å²) in [5, 5.41) is 9.55. The first-order valence-electron chi connectivity index (χ1n) is 11.0. The molecule has 6 heteroatoms. The molecule has 2 atom stereocenters.